The number of aromatic nitrogens is 3. The van der Waals surface area contributed by atoms with Crippen molar-refractivity contribution in [3.05, 3.63) is 24.3 Å². The molecule has 1 rings (SSSR count). The number of rotatable bonds is 10. The lowest BCUT2D eigenvalue weighted by Crippen LogP contribution is -2.40. The van der Waals surface area contributed by atoms with Gasteiger partial charge in [0.15, 0.2) is 11.8 Å². The van der Waals surface area contributed by atoms with E-state index in [2.05, 4.69) is 46.2 Å². The van der Waals surface area contributed by atoms with Crippen LogP contribution in [0, 0.1) is 18.8 Å². The minimum absolute atomic E-state index is 0.212. The quantitative estimate of drug-likeness (QED) is 0.341. The summed E-state index contributed by atoms with van der Waals surface area (Å²) in [7, 11) is 1.93. The van der Waals surface area contributed by atoms with Crippen LogP contribution in [0.4, 0.5) is 0 Å². The largest absolute Gasteiger partial charge is 0.396 e. The lowest BCUT2D eigenvalue weighted by atomic mass is 9.94. The number of hydrogen-bond acceptors (Lipinski definition) is 4. The monoisotopic (exact) mass is 336 g/mol. The summed E-state index contributed by atoms with van der Waals surface area (Å²) in [5, 5.41) is 24.0. The van der Waals surface area contributed by atoms with Gasteiger partial charge in [0, 0.05) is 26.7 Å². The second kappa shape index (κ2) is 10.8. The van der Waals surface area contributed by atoms with Crippen LogP contribution in [0.15, 0.2) is 17.6 Å². The van der Waals surface area contributed by atoms with Crippen molar-refractivity contribution in [2.75, 3.05) is 19.7 Å². The molecule has 0 aromatic carbocycles. The molecule has 0 saturated carbocycles. The van der Waals surface area contributed by atoms with Crippen LogP contribution < -0.4 is 10.6 Å². The first-order chi connectivity index (χ1) is 11.5. The molecule has 0 spiro atoms. The smallest absolute Gasteiger partial charge is 0.191 e. The van der Waals surface area contributed by atoms with E-state index in [-0.39, 0.29) is 6.61 Å². The zero-order valence-corrected chi connectivity index (χ0v) is 15.4. The van der Waals surface area contributed by atoms with Gasteiger partial charge >= 0.3 is 0 Å². The fraction of sp³-hybridized carbons (Fsp3) is 0.706. The fourth-order valence-corrected chi connectivity index (χ4v) is 2.48. The van der Waals surface area contributed by atoms with Gasteiger partial charge in [-0.2, -0.15) is 0 Å². The average molecular weight is 336 g/mol. The predicted molar refractivity (Wildman–Crippen MR) is 97.7 cm³/mol. The van der Waals surface area contributed by atoms with Crippen molar-refractivity contribution >= 4 is 5.96 Å². The van der Waals surface area contributed by atoms with Gasteiger partial charge in [-0.25, -0.2) is 4.99 Å². The zero-order chi connectivity index (χ0) is 17.9. The van der Waals surface area contributed by atoms with Gasteiger partial charge in [0.05, 0.1) is 0 Å². The first kappa shape index (κ1) is 20.2. The molecule has 136 valence electrons. The highest BCUT2D eigenvalue weighted by molar-refractivity contribution is 5.79. The number of aliphatic imine (C=N–C) groups is 1. The van der Waals surface area contributed by atoms with Crippen molar-refractivity contribution in [2.45, 2.75) is 40.2 Å². The second-order valence-corrected chi connectivity index (χ2v) is 6.45. The molecule has 0 bridgehead atoms. The maximum absolute atomic E-state index is 9.24. The zero-order valence-electron chi connectivity index (χ0n) is 15.4. The van der Waals surface area contributed by atoms with Crippen LogP contribution in [0.5, 0.6) is 0 Å². The van der Waals surface area contributed by atoms with Gasteiger partial charge in [-0.3, -0.25) is 0 Å². The van der Waals surface area contributed by atoms with E-state index in [0.29, 0.717) is 24.9 Å². The Bertz CT molecular complexity index is 523. The van der Waals surface area contributed by atoms with Crippen molar-refractivity contribution in [2.24, 2.45) is 23.9 Å². The van der Waals surface area contributed by atoms with E-state index in [1.807, 2.05) is 18.5 Å². The minimum atomic E-state index is 0.212. The highest BCUT2D eigenvalue weighted by Gasteiger charge is 2.12. The molecule has 0 amide bonds. The third-order valence-electron chi connectivity index (χ3n) is 3.88. The molecular formula is C17H32N6O. The molecule has 0 radical (unpaired) electrons. The minimum Gasteiger partial charge on any atom is -0.396 e. The third kappa shape index (κ3) is 7.12. The summed E-state index contributed by atoms with van der Waals surface area (Å²) in [6.07, 6.45) is 3.66. The first-order valence-corrected chi connectivity index (χ1v) is 8.56. The molecule has 0 aliphatic carbocycles. The average Bonchev–Trinajstić information content (AvgIpc) is 2.85. The van der Waals surface area contributed by atoms with Gasteiger partial charge in [0.25, 0.3) is 0 Å². The highest BCUT2D eigenvalue weighted by atomic mass is 16.3. The van der Waals surface area contributed by atoms with Gasteiger partial charge in [-0.15, -0.1) is 16.8 Å². The van der Waals surface area contributed by atoms with Gasteiger partial charge in [0.2, 0.25) is 0 Å². The summed E-state index contributed by atoms with van der Waals surface area (Å²) in [6, 6.07) is 0. The number of guanidine groups is 1. The molecule has 0 aliphatic heterocycles. The topological polar surface area (TPSA) is 87.4 Å². The maximum atomic E-state index is 9.24. The van der Waals surface area contributed by atoms with E-state index in [4.69, 9.17) is 0 Å². The van der Waals surface area contributed by atoms with Gasteiger partial charge < -0.3 is 20.3 Å². The number of nitrogens with one attached hydrogen (secondary N) is 2. The van der Waals surface area contributed by atoms with Crippen LogP contribution in [0.1, 0.15) is 38.3 Å². The molecule has 1 aromatic rings. The summed E-state index contributed by atoms with van der Waals surface area (Å²) in [4.78, 5) is 4.58. The fourth-order valence-electron chi connectivity index (χ4n) is 2.48. The summed E-state index contributed by atoms with van der Waals surface area (Å²) < 4.78 is 1.93. The van der Waals surface area contributed by atoms with Gasteiger partial charge in [0.1, 0.15) is 12.4 Å². The highest BCUT2D eigenvalue weighted by Crippen LogP contribution is 2.14. The molecule has 7 nitrogen and oxygen atoms in total. The maximum Gasteiger partial charge on any atom is 0.191 e. The molecule has 1 unspecified atom stereocenters. The van der Waals surface area contributed by atoms with Crippen LogP contribution in [-0.4, -0.2) is 45.5 Å². The molecule has 1 heterocycles. The van der Waals surface area contributed by atoms with Crippen molar-refractivity contribution in [1.82, 2.24) is 25.4 Å². The lowest BCUT2D eigenvalue weighted by Gasteiger charge is -2.20. The Morgan fingerprint density at radius 2 is 2.12 bits per heavy atom. The Balaban J connectivity index is 2.67. The Hall–Kier alpha value is -1.89. The summed E-state index contributed by atoms with van der Waals surface area (Å²) in [5.41, 5.74) is 0. The summed E-state index contributed by atoms with van der Waals surface area (Å²) in [6.45, 7) is 12.1. The molecule has 0 aliphatic rings. The van der Waals surface area contributed by atoms with Gasteiger partial charge in [-0.05, 0) is 31.6 Å². The second-order valence-electron chi connectivity index (χ2n) is 6.45. The van der Waals surface area contributed by atoms with E-state index in [1.54, 1.807) is 6.08 Å². The Morgan fingerprint density at radius 3 is 2.67 bits per heavy atom. The van der Waals surface area contributed by atoms with E-state index >= 15 is 0 Å². The Labute approximate surface area is 145 Å². The molecule has 1 atom stereocenters. The molecule has 24 heavy (non-hydrogen) atoms. The molecule has 3 N–H and O–H groups in total. The number of hydrogen-bond donors (Lipinski definition) is 3. The van der Waals surface area contributed by atoms with Crippen molar-refractivity contribution in [1.29, 1.82) is 0 Å². The summed E-state index contributed by atoms with van der Waals surface area (Å²) in [5.74, 6) is 3.44. The number of aliphatic hydroxyl groups excluding tert-OH is 1. The van der Waals surface area contributed by atoms with Crippen molar-refractivity contribution in [3.8, 4) is 0 Å². The molecule has 7 heteroatoms. The normalized spacial score (nSPS) is 13.2. The molecule has 1 aromatic heterocycles. The van der Waals surface area contributed by atoms with Crippen LogP contribution in [0.3, 0.4) is 0 Å². The van der Waals surface area contributed by atoms with E-state index in [9.17, 15) is 5.11 Å². The molecule has 0 fully saturated rings. The Kier molecular flexibility index (Phi) is 9.07. The molecular weight excluding hydrogens is 304 g/mol. The summed E-state index contributed by atoms with van der Waals surface area (Å²) >= 11 is 0. The number of nitrogens with zero attached hydrogens (tertiary/aromatic N) is 4. The van der Waals surface area contributed by atoms with Crippen LogP contribution in [0.2, 0.25) is 0 Å². The lowest BCUT2D eigenvalue weighted by molar-refractivity contribution is 0.243. The predicted octanol–water partition coefficient (Wildman–Crippen LogP) is 1.39. The van der Waals surface area contributed by atoms with Crippen LogP contribution in [0.25, 0.3) is 0 Å². The van der Waals surface area contributed by atoms with Crippen molar-refractivity contribution in [3.63, 3.8) is 0 Å². The van der Waals surface area contributed by atoms with E-state index in [0.717, 1.165) is 37.0 Å². The van der Waals surface area contributed by atoms with E-state index < -0.39 is 0 Å². The SMILES string of the molecule is C=CCNC(=NCc1nnc(C)n1C)NCC(CCO)CC(C)C. The van der Waals surface area contributed by atoms with Gasteiger partial charge in [-0.1, -0.05) is 19.9 Å². The third-order valence-corrected chi connectivity index (χ3v) is 3.88. The molecule has 0 saturated heterocycles. The van der Waals surface area contributed by atoms with E-state index in [1.165, 1.54) is 0 Å². The van der Waals surface area contributed by atoms with Crippen LogP contribution in [-0.2, 0) is 13.6 Å². The first-order valence-electron chi connectivity index (χ1n) is 8.56. The number of aliphatic hydroxyl groups is 1. The van der Waals surface area contributed by atoms with Crippen molar-refractivity contribution < 1.29 is 5.11 Å². The standard InChI is InChI=1S/C17H32N6O/c1-6-8-18-17(19-11-15(7-9-24)10-13(2)3)20-12-16-22-21-14(4)23(16)5/h6,13,15,24H,1,7-12H2,2-5H3,(H2,18,19,20). The van der Waals surface area contributed by atoms with Crippen LogP contribution >= 0.6 is 0 Å². The number of aryl methyl sites for hydroxylation is 1. The Morgan fingerprint density at radius 1 is 1.38 bits per heavy atom.